The van der Waals surface area contributed by atoms with Gasteiger partial charge in [-0.25, -0.2) is 13.8 Å². The average Bonchev–Trinajstić information content (AvgIpc) is 2.75. The molecule has 0 unspecified atom stereocenters. The number of halogens is 4. The highest BCUT2D eigenvalue weighted by Crippen LogP contribution is 2.22. The number of carbonyl (C=O) groups excluding carboxylic acids is 1. The van der Waals surface area contributed by atoms with Crippen molar-refractivity contribution in [2.24, 2.45) is 5.10 Å². The Morgan fingerprint density at radius 1 is 0.909 bits per heavy atom. The van der Waals surface area contributed by atoms with Crippen LogP contribution in [-0.2, 0) is 21.4 Å². The molecule has 33 heavy (non-hydrogen) atoms. The summed E-state index contributed by atoms with van der Waals surface area (Å²) >= 11 is 23.8. The first-order valence-corrected chi connectivity index (χ1v) is 12.4. The van der Waals surface area contributed by atoms with Crippen LogP contribution >= 0.6 is 46.4 Å². The number of nitrogens with zero attached hydrogens (tertiary/aromatic N) is 2. The molecule has 172 valence electrons. The minimum Gasteiger partial charge on any atom is -0.272 e. The maximum absolute atomic E-state index is 13.2. The van der Waals surface area contributed by atoms with Crippen LogP contribution in [0.25, 0.3) is 0 Å². The lowest BCUT2D eigenvalue weighted by atomic mass is 10.2. The summed E-state index contributed by atoms with van der Waals surface area (Å²) in [5, 5.41) is 5.52. The lowest BCUT2D eigenvalue weighted by Gasteiger charge is -2.21. The molecule has 0 heterocycles. The number of rotatable bonds is 8. The van der Waals surface area contributed by atoms with E-state index in [1.165, 1.54) is 36.5 Å². The highest BCUT2D eigenvalue weighted by molar-refractivity contribution is 7.89. The number of amides is 1. The van der Waals surface area contributed by atoms with Gasteiger partial charge in [0.05, 0.1) is 22.7 Å². The molecule has 3 rings (SSSR count). The number of hydrogen-bond donors (Lipinski definition) is 1. The number of carbonyl (C=O) groups is 1. The van der Waals surface area contributed by atoms with Crippen molar-refractivity contribution in [1.29, 1.82) is 0 Å². The van der Waals surface area contributed by atoms with E-state index in [-0.39, 0.29) is 11.4 Å². The van der Waals surface area contributed by atoms with Gasteiger partial charge in [0.25, 0.3) is 5.91 Å². The van der Waals surface area contributed by atoms with Gasteiger partial charge in [0.1, 0.15) is 0 Å². The molecular formula is C22H17Cl4N3O3S. The van der Waals surface area contributed by atoms with Gasteiger partial charge < -0.3 is 0 Å². The molecule has 3 aromatic carbocycles. The number of benzene rings is 3. The van der Waals surface area contributed by atoms with Crippen LogP contribution in [0, 0.1) is 0 Å². The molecule has 0 aromatic heterocycles. The zero-order valence-corrected chi connectivity index (χ0v) is 20.7. The van der Waals surface area contributed by atoms with Crippen molar-refractivity contribution in [1.82, 2.24) is 9.73 Å². The highest BCUT2D eigenvalue weighted by Gasteiger charge is 2.27. The van der Waals surface area contributed by atoms with Gasteiger partial charge in [-0.1, -0.05) is 64.6 Å². The molecule has 1 N–H and O–H groups in total. The third-order valence-corrected chi connectivity index (χ3v) is 7.23. The zero-order chi connectivity index (χ0) is 24.0. The molecule has 0 bridgehead atoms. The van der Waals surface area contributed by atoms with Crippen molar-refractivity contribution in [2.45, 2.75) is 11.4 Å². The minimum atomic E-state index is -4.03. The van der Waals surface area contributed by atoms with Gasteiger partial charge in [0.15, 0.2) is 0 Å². The predicted octanol–water partition coefficient (Wildman–Crippen LogP) is 5.64. The molecule has 11 heteroatoms. The first-order valence-electron chi connectivity index (χ1n) is 9.42. The Kier molecular flexibility index (Phi) is 8.75. The molecule has 6 nitrogen and oxygen atoms in total. The van der Waals surface area contributed by atoms with E-state index < -0.39 is 22.5 Å². The molecular weight excluding hydrogens is 528 g/mol. The van der Waals surface area contributed by atoms with Crippen molar-refractivity contribution >= 4 is 68.5 Å². The van der Waals surface area contributed by atoms with E-state index in [1.54, 1.807) is 36.4 Å². The van der Waals surface area contributed by atoms with Crippen molar-refractivity contribution in [3.63, 3.8) is 0 Å². The summed E-state index contributed by atoms with van der Waals surface area (Å²) in [5.74, 6) is -0.643. The molecule has 0 saturated carbocycles. The molecule has 0 radical (unpaired) electrons. The maximum Gasteiger partial charge on any atom is 0.255 e. The Morgan fingerprint density at radius 3 is 2.24 bits per heavy atom. The van der Waals surface area contributed by atoms with Crippen molar-refractivity contribution in [2.75, 3.05) is 6.54 Å². The monoisotopic (exact) mass is 543 g/mol. The van der Waals surface area contributed by atoms with E-state index in [0.29, 0.717) is 31.2 Å². The van der Waals surface area contributed by atoms with Gasteiger partial charge in [-0.2, -0.15) is 9.41 Å². The van der Waals surface area contributed by atoms with Crippen LogP contribution in [-0.4, -0.2) is 31.4 Å². The summed E-state index contributed by atoms with van der Waals surface area (Å²) in [4.78, 5) is 12.5. The van der Waals surface area contributed by atoms with Crippen molar-refractivity contribution in [3.05, 3.63) is 97.9 Å². The van der Waals surface area contributed by atoms with Crippen LogP contribution in [0.2, 0.25) is 20.1 Å². The molecule has 0 aliphatic heterocycles. The topological polar surface area (TPSA) is 78.8 Å². The van der Waals surface area contributed by atoms with Crippen LogP contribution in [0.15, 0.2) is 76.7 Å². The van der Waals surface area contributed by atoms with Gasteiger partial charge in [-0.3, -0.25) is 4.79 Å². The number of sulfonamides is 1. The molecule has 0 atom stereocenters. The average molecular weight is 545 g/mol. The summed E-state index contributed by atoms with van der Waals surface area (Å²) < 4.78 is 27.5. The molecule has 0 fully saturated rings. The van der Waals surface area contributed by atoms with Gasteiger partial charge in [0.2, 0.25) is 10.0 Å². The molecule has 1 amide bonds. The van der Waals surface area contributed by atoms with E-state index in [4.69, 9.17) is 46.4 Å². The summed E-state index contributed by atoms with van der Waals surface area (Å²) in [7, 11) is -4.03. The summed E-state index contributed by atoms with van der Waals surface area (Å²) in [6.07, 6.45) is 1.34. The van der Waals surface area contributed by atoms with Crippen LogP contribution in [0.5, 0.6) is 0 Å². The van der Waals surface area contributed by atoms with Crippen LogP contribution in [0.4, 0.5) is 0 Å². The fraction of sp³-hybridized carbons (Fsp3) is 0.0909. The lowest BCUT2D eigenvalue weighted by molar-refractivity contribution is -0.121. The smallest absolute Gasteiger partial charge is 0.255 e. The zero-order valence-electron chi connectivity index (χ0n) is 16.9. The third kappa shape index (κ3) is 7.17. The number of hydrazone groups is 1. The molecule has 0 spiro atoms. The largest absolute Gasteiger partial charge is 0.272 e. The lowest BCUT2D eigenvalue weighted by Crippen LogP contribution is -2.39. The van der Waals surface area contributed by atoms with Crippen LogP contribution in [0.1, 0.15) is 11.1 Å². The SMILES string of the molecule is O=C(CN(Cc1cccc(Cl)c1)S(=O)(=O)c1ccc(Cl)cc1)N/N=C\c1ccc(Cl)cc1Cl. The van der Waals surface area contributed by atoms with Gasteiger partial charge in [-0.15, -0.1) is 0 Å². The summed E-state index contributed by atoms with van der Waals surface area (Å²) in [5.41, 5.74) is 3.47. The fourth-order valence-electron chi connectivity index (χ4n) is 2.80. The van der Waals surface area contributed by atoms with Gasteiger partial charge >= 0.3 is 0 Å². The van der Waals surface area contributed by atoms with E-state index in [9.17, 15) is 13.2 Å². The first-order chi connectivity index (χ1) is 15.6. The van der Waals surface area contributed by atoms with Crippen molar-refractivity contribution < 1.29 is 13.2 Å². The molecule has 0 aliphatic carbocycles. The molecule has 3 aromatic rings. The Labute approximate surface area is 211 Å². The van der Waals surface area contributed by atoms with Gasteiger partial charge in [0, 0.05) is 27.2 Å². The Morgan fingerprint density at radius 2 is 1.58 bits per heavy atom. The minimum absolute atomic E-state index is 0.00169. The highest BCUT2D eigenvalue weighted by atomic mass is 35.5. The van der Waals surface area contributed by atoms with Gasteiger partial charge in [-0.05, 0) is 54.1 Å². The normalized spacial score (nSPS) is 11.8. The van der Waals surface area contributed by atoms with Crippen LogP contribution in [0.3, 0.4) is 0 Å². The van der Waals surface area contributed by atoms with E-state index >= 15 is 0 Å². The Bertz CT molecular complexity index is 1280. The summed E-state index contributed by atoms with van der Waals surface area (Å²) in [6, 6.07) is 17.2. The second-order valence-corrected chi connectivity index (χ2v) is 10.5. The first kappa shape index (κ1) is 25.5. The quantitative estimate of drug-likeness (QED) is 0.294. The fourth-order valence-corrected chi connectivity index (χ4v) is 4.98. The molecule has 0 saturated heterocycles. The second-order valence-electron chi connectivity index (χ2n) is 6.82. The van der Waals surface area contributed by atoms with E-state index in [0.717, 1.165) is 4.31 Å². The standard InChI is InChI=1S/C22H17Cl4N3O3S/c23-17-6-8-20(9-7-17)33(31,32)29(13-15-2-1-3-18(24)10-15)14-22(30)28-27-12-16-4-5-19(25)11-21(16)26/h1-12H,13-14H2,(H,28,30)/b27-12-. The van der Waals surface area contributed by atoms with Crippen molar-refractivity contribution in [3.8, 4) is 0 Å². The van der Waals surface area contributed by atoms with Crippen LogP contribution < -0.4 is 5.43 Å². The Hall–Kier alpha value is -2.13. The number of nitrogens with one attached hydrogen (secondary N) is 1. The summed E-state index contributed by atoms with van der Waals surface area (Å²) in [6.45, 7) is -0.561. The van der Waals surface area contributed by atoms with E-state index in [2.05, 4.69) is 10.5 Å². The maximum atomic E-state index is 13.2. The van der Waals surface area contributed by atoms with E-state index in [1.807, 2.05) is 0 Å². The second kappa shape index (κ2) is 11.3. The predicted molar refractivity (Wildman–Crippen MR) is 133 cm³/mol. The number of hydrogen-bond acceptors (Lipinski definition) is 4. The third-order valence-electron chi connectivity index (χ3n) is 4.37. The Balaban J connectivity index is 1.80. The molecule has 0 aliphatic rings.